The standard InChI is InChI=1S/C14H26NP.C8H14.Ti/c1-11(2)16(12(3)4,13(5)6)15-14-9-7-8-10-14;1-5-7(3)8(4)6-2;/h7-9,11-13H,10H2,1-6H3;5-6H,1-4H3;. The molecule has 0 amide bonds. The van der Waals surface area contributed by atoms with E-state index in [1.54, 1.807) is 0 Å². The molecular weight excluding hydrogens is 357 g/mol. The molecule has 25 heavy (non-hydrogen) atoms. The van der Waals surface area contributed by atoms with Gasteiger partial charge in [-0.25, -0.2) is 0 Å². The van der Waals surface area contributed by atoms with Crippen LogP contribution in [-0.4, -0.2) is 17.0 Å². The van der Waals surface area contributed by atoms with Gasteiger partial charge in [0.05, 0.1) is 0 Å². The van der Waals surface area contributed by atoms with E-state index in [9.17, 15) is 0 Å². The number of hydrogen-bond donors (Lipinski definition) is 0. The number of allylic oxidation sites excluding steroid dienone is 7. The van der Waals surface area contributed by atoms with Crippen LogP contribution in [0.5, 0.6) is 0 Å². The van der Waals surface area contributed by atoms with E-state index in [1.807, 2.05) is 0 Å². The first kappa shape index (κ1) is 27.1. The maximum absolute atomic E-state index is 5.22. The summed E-state index contributed by atoms with van der Waals surface area (Å²) in [5.41, 5.74) is 6.10. The zero-order valence-electron chi connectivity index (χ0n) is 18.2. The van der Waals surface area contributed by atoms with Gasteiger partial charge in [-0.15, -0.1) is 0 Å². The predicted molar refractivity (Wildman–Crippen MR) is 115 cm³/mol. The molecule has 142 valence electrons. The topological polar surface area (TPSA) is 12.4 Å². The van der Waals surface area contributed by atoms with Crippen molar-refractivity contribution in [1.82, 2.24) is 0 Å². The molecule has 0 unspecified atom stereocenters. The van der Waals surface area contributed by atoms with Gasteiger partial charge in [-0.2, -0.15) is 0 Å². The molecule has 3 heteroatoms. The summed E-state index contributed by atoms with van der Waals surface area (Å²) in [6.45, 7) is 22.4. The summed E-state index contributed by atoms with van der Waals surface area (Å²) in [5.74, 6) is 0. The molecule has 0 atom stereocenters. The molecule has 0 N–H and O–H groups in total. The fourth-order valence-corrected chi connectivity index (χ4v) is 8.19. The normalized spacial score (nSPS) is 15.2. The summed E-state index contributed by atoms with van der Waals surface area (Å²) in [6, 6.07) is 0. The van der Waals surface area contributed by atoms with Crippen molar-refractivity contribution < 1.29 is 21.7 Å². The van der Waals surface area contributed by atoms with Crippen molar-refractivity contribution in [2.24, 2.45) is 4.74 Å². The van der Waals surface area contributed by atoms with Crippen LogP contribution < -0.4 is 0 Å². The molecule has 0 aromatic carbocycles. The second-order valence-corrected chi connectivity index (χ2v) is 12.3. The molecule has 0 heterocycles. The molecular formula is C22H40NPTi. The summed E-state index contributed by atoms with van der Waals surface area (Å²) in [4.78, 5) is 0. The molecule has 0 aromatic heterocycles. The van der Waals surface area contributed by atoms with Gasteiger partial charge in [0.15, 0.2) is 0 Å². The third-order valence-electron chi connectivity index (χ3n) is 5.02. The third kappa shape index (κ3) is 7.98. The molecule has 1 rings (SSSR count). The molecule has 0 aromatic rings. The first-order chi connectivity index (χ1) is 11.1. The molecule has 1 aliphatic carbocycles. The van der Waals surface area contributed by atoms with Crippen LogP contribution in [0.3, 0.4) is 0 Å². The maximum Gasteiger partial charge on any atom is 0.0425 e. The number of nitrogens with zero attached hydrogens (tertiary/aromatic N) is 1. The van der Waals surface area contributed by atoms with E-state index < -0.39 is 7.05 Å². The summed E-state index contributed by atoms with van der Waals surface area (Å²) >= 11 is 0. The minimum atomic E-state index is -1.24. The van der Waals surface area contributed by atoms with Crippen molar-refractivity contribution in [3.05, 3.63) is 47.2 Å². The molecule has 0 aliphatic heterocycles. The van der Waals surface area contributed by atoms with Crippen molar-refractivity contribution in [3.8, 4) is 0 Å². The summed E-state index contributed by atoms with van der Waals surface area (Å²) in [5, 5.41) is 0. The molecule has 0 spiro atoms. The Labute approximate surface area is 173 Å². The van der Waals surface area contributed by atoms with Gasteiger partial charge >= 0.3 is 0 Å². The van der Waals surface area contributed by atoms with Crippen molar-refractivity contribution >= 4 is 7.05 Å². The maximum atomic E-state index is 5.22. The molecule has 1 aliphatic rings. The number of hydrogen-bond acceptors (Lipinski definition) is 1. The Bertz CT molecular complexity index is 516. The fraction of sp³-hybridized carbons (Fsp3) is 0.636. The second kappa shape index (κ2) is 13.1. The van der Waals surface area contributed by atoms with Gasteiger partial charge in [-0.1, -0.05) is 77.0 Å². The predicted octanol–water partition coefficient (Wildman–Crippen LogP) is 8.17. The summed E-state index contributed by atoms with van der Waals surface area (Å²) in [6.07, 6.45) is 11.8. The van der Waals surface area contributed by atoms with Crippen LogP contribution in [-0.2, 0) is 21.7 Å². The van der Waals surface area contributed by atoms with Crippen LogP contribution in [0.15, 0.2) is 52.0 Å². The number of rotatable bonds is 5. The summed E-state index contributed by atoms with van der Waals surface area (Å²) < 4.78 is 5.22. The van der Waals surface area contributed by atoms with Gasteiger partial charge in [0.2, 0.25) is 0 Å². The van der Waals surface area contributed by atoms with E-state index in [1.165, 1.54) is 16.8 Å². The van der Waals surface area contributed by atoms with E-state index in [4.69, 9.17) is 4.74 Å². The van der Waals surface area contributed by atoms with Crippen LogP contribution in [0.25, 0.3) is 0 Å². The molecule has 0 saturated carbocycles. The van der Waals surface area contributed by atoms with Crippen LogP contribution in [0.1, 0.15) is 75.7 Å². The van der Waals surface area contributed by atoms with E-state index in [2.05, 4.69) is 99.6 Å². The Morgan fingerprint density at radius 3 is 1.56 bits per heavy atom. The fourth-order valence-electron chi connectivity index (χ4n) is 3.32. The minimum absolute atomic E-state index is 0. The third-order valence-corrected chi connectivity index (χ3v) is 10.6. The molecule has 0 bridgehead atoms. The van der Waals surface area contributed by atoms with E-state index in [-0.39, 0.29) is 21.7 Å². The van der Waals surface area contributed by atoms with Crippen molar-refractivity contribution in [1.29, 1.82) is 0 Å². The van der Waals surface area contributed by atoms with E-state index in [0.717, 1.165) is 6.42 Å². The quantitative estimate of drug-likeness (QED) is 0.252. The van der Waals surface area contributed by atoms with E-state index >= 15 is 0 Å². The molecule has 1 nitrogen and oxygen atoms in total. The van der Waals surface area contributed by atoms with Gasteiger partial charge in [0, 0.05) is 33.8 Å². The summed E-state index contributed by atoms with van der Waals surface area (Å²) in [7, 11) is -1.24. The Morgan fingerprint density at radius 2 is 1.32 bits per heavy atom. The smallest absolute Gasteiger partial charge is 0.0425 e. The molecule has 0 fully saturated rings. The average Bonchev–Trinajstić information content (AvgIpc) is 3.03. The zero-order chi connectivity index (χ0) is 18.9. The largest absolute Gasteiger partial charge is 0.271 e. The SMILES string of the molecule is CC(C)P(=NC1=CC=CC1)(C(C)C)C(C)C.CC=C(C)C(C)=CC.[Ti]. The van der Waals surface area contributed by atoms with E-state index in [0.29, 0.717) is 17.0 Å². The molecule has 0 saturated heterocycles. The van der Waals surface area contributed by atoms with Crippen LogP contribution in [0.4, 0.5) is 0 Å². The van der Waals surface area contributed by atoms with Gasteiger partial charge < -0.3 is 0 Å². The van der Waals surface area contributed by atoms with Gasteiger partial charge in [0.25, 0.3) is 0 Å². The Balaban J connectivity index is 0. The first-order valence-electron chi connectivity index (χ1n) is 9.36. The minimum Gasteiger partial charge on any atom is -0.271 e. The van der Waals surface area contributed by atoms with Gasteiger partial charge in [-0.05, 0) is 57.8 Å². The first-order valence-corrected chi connectivity index (χ1v) is 11.3. The van der Waals surface area contributed by atoms with Gasteiger partial charge in [0.1, 0.15) is 0 Å². The monoisotopic (exact) mass is 397 g/mol. The Hall–Kier alpha value is -0.0957. The van der Waals surface area contributed by atoms with Crippen LogP contribution in [0.2, 0.25) is 0 Å². The second-order valence-electron chi connectivity index (χ2n) is 7.41. The van der Waals surface area contributed by atoms with Crippen LogP contribution in [0, 0.1) is 0 Å². The van der Waals surface area contributed by atoms with Gasteiger partial charge in [-0.3, -0.25) is 4.74 Å². The Kier molecular flexibility index (Phi) is 14.2. The van der Waals surface area contributed by atoms with Crippen molar-refractivity contribution in [2.45, 2.75) is 92.6 Å². The van der Waals surface area contributed by atoms with Crippen molar-refractivity contribution in [3.63, 3.8) is 0 Å². The average molecular weight is 397 g/mol. The van der Waals surface area contributed by atoms with Crippen molar-refractivity contribution in [2.75, 3.05) is 0 Å². The Morgan fingerprint density at radius 1 is 0.920 bits per heavy atom. The molecule has 0 radical (unpaired) electrons. The van der Waals surface area contributed by atoms with Crippen LogP contribution >= 0.6 is 7.05 Å². The zero-order valence-corrected chi connectivity index (χ0v) is 20.7.